The molecule has 1 atom stereocenters. The number of methoxy groups -OCH3 is 1. The van der Waals surface area contributed by atoms with Gasteiger partial charge in [-0.15, -0.1) is 0 Å². The largest absolute Gasteiger partial charge is 0.467 e. The minimum absolute atomic E-state index is 0.191. The van der Waals surface area contributed by atoms with E-state index in [1.165, 1.54) is 0 Å². The maximum Gasteiger partial charge on any atom is 0.191 e. The van der Waals surface area contributed by atoms with E-state index in [0.717, 1.165) is 10.2 Å². The van der Waals surface area contributed by atoms with Crippen LogP contribution in [0.15, 0.2) is 28.7 Å². The van der Waals surface area contributed by atoms with Crippen LogP contribution in [0.25, 0.3) is 0 Å². The fourth-order valence-corrected chi connectivity index (χ4v) is 1.06. The Hall–Kier alpha value is -0.580. The molecule has 1 aromatic rings. The Kier molecular flexibility index (Phi) is 4.93. The van der Waals surface area contributed by atoms with E-state index in [9.17, 15) is 0 Å². The predicted molar refractivity (Wildman–Crippen MR) is 57.2 cm³/mol. The highest BCUT2D eigenvalue weighted by Gasteiger charge is 1.98. The van der Waals surface area contributed by atoms with E-state index in [1.54, 1.807) is 7.11 Å². The van der Waals surface area contributed by atoms with Crippen LogP contribution in [0.4, 0.5) is 0 Å². The molecule has 0 bridgehead atoms. The molecular weight excluding hydrogens is 248 g/mol. The van der Waals surface area contributed by atoms with Crippen molar-refractivity contribution in [1.29, 1.82) is 0 Å². The molecule has 0 N–H and O–H groups in total. The zero-order valence-electron chi connectivity index (χ0n) is 8.20. The van der Waals surface area contributed by atoms with Gasteiger partial charge in [-0.2, -0.15) is 0 Å². The van der Waals surface area contributed by atoms with Gasteiger partial charge in [0.1, 0.15) is 5.75 Å². The molecule has 0 aliphatic carbocycles. The average molecular weight is 261 g/mol. The van der Waals surface area contributed by atoms with Crippen LogP contribution in [0.3, 0.4) is 0 Å². The van der Waals surface area contributed by atoms with Crippen molar-refractivity contribution in [2.45, 2.75) is 13.2 Å². The highest BCUT2D eigenvalue weighted by molar-refractivity contribution is 9.10. The summed E-state index contributed by atoms with van der Waals surface area (Å²) < 4.78 is 16.4. The molecule has 1 rings (SSSR count). The fraction of sp³-hybridized carbons (Fsp3) is 0.400. The Morgan fingerprint density at radius 1 is 1.29 bits per heavy atom. The van der Waals surface area contributed by atoms with Crippen molar-refractivity contribution in [3.8, 4) is 5.75 Å². The van der Waals surface area contributed by atoms with E-state index in [4.69, 9.17) is 14.2 Å². The van der Waals surface area contributed by atoms with Crippen LogP contribution in [0.1, 0.15) is 6.92 Å². The summed E-state index contributed by atoms with van der Waals surface area (Å²) in [5, 5.41) is 0. The monoisotopic (exact) mass is 260 g/mol. The number of rotatable bonds is 5. The summed E-state index contributed by atoms with van der Waals surface area (Å²) in [6.45, 7) is 2.00. The molecule has 0 heterocycles. The van der Waals surface area contributed by atoms with Gasteiger partial charge in [-0.1, -0.05) is 15.9 Å². The molecule has 0 aromatic heterocycles. The van der Waals surface area contributed by atoms with E-state index >= 15 is 0 Å². The molecule has 4 heteroatoms. The van der Waals surface area contributed by atoms with Gasteiger partial charge in [0.15, 0.2) is 13.1 Å². The smallest absolute Gasteiger partial charge is 0.191 e. The van der Waals surface area contributed by atoms with E-state index in [-0.39, 0.29) is 13.1 Å². The van der Waals surface area contributed by atoms with Crippen LogP contribution in [-0.2, 0) is 9.47 Å². The third-order valence-electron chi connectivity index (χ3n) is 1.67. The van der Waals surface area contributed by atoms with Gasteiger partial charge in [0.05, 0.1) is 0 Å². The van der Waals surface area contributed by atoms with Gasteiger partial charge >= 0.3 is 0 Å². The van der Waals surface area contributed by atoms with Gasteiger partial charge in [0.2, 0.25) is 0 Å². The van der Waals surface area contributed by atoms with E-state index in [0.29, 0.717) is 0 Å². The zero-order valence-corrected chi connectivity index (χ0v) is 9.78. The standard InChI is InChI=1S/C10H13BrO3/c1-8(12-2)13-7-14-10-5-3-9(11)4-6-10/h3-6,8H,7H2,1-2H3. The second-order valence-corrected chi connectivity index (χ2v) is 3.60. The lowest BCUT2D eigenvalue weighted by molar-refractivity contribution is -0.149. The highest BCUT2D eigenvalue weighted by Crippen LogP contribution is 2.15. The molecule has 14 heavy (non-hydrogen) atoms. The maximum absolute atomic E-state index is 5.31. The van der Waals surface area contributed by atoms with Crippen molar-refractivity contribution in [2.75, 3.05) is 13.9 Å². The Labute approximate surface area is 92.1 Å². The van der Waals surface area contributed by atoms with Gasteiger partial charge in [-0.3, -0.25) is 0 Å². The van der Waals surface area contributed by atoms with Crippen LogP contribution in [0, 0.1) is 0 Å². The molecule has 0 aliphatic heterocycles. The first-order chi connectivity index (χ1) is 6.72. The first kappa shape index (κ1) is 11.5. The molecule has 0 fully saturated rings. The maximum atomic E-state index is 5.31. The molecule has 0 aliphatic rings. The summed E-state index contributed by atoms with van der Waals surface area (Å²) in [6.07, 6.45) is -0.245. The number of hydrogen-bond donors (Lipinski definition) is 0. The minimum atomic E-state index is -0.245. The molecule has 1 unspecified atom stereocenters. The van der Waals surface area contributed by atoms with Crippen molar-refractivity contribution in [1.82, 2.24) is 0 Å². The molecule has 78 valence electrons. The van der Waals surface area contributed by atoms with Gasteiger partial charge in [-0.25, -0.2) is 0 Å². The summed E-state index contributed by atoms with van der Waals surface area (Å²) in [5.74, 6) is 0.775. The van der Waals surface area contributed by atoms with E-state index in [2.05, 4.69) is 15.9 Å². The van der Waals surface area contributed by atoms with E-state index < -0.39 is 0 Å². The lowest BCUT2D eigenvalue weighted by Crippen LogP contribution is -2.14. The lowest BCUT2D eigenvalue weighted by atomic mass is 10.3. The first-order valence-corrected chi connectivity index (χ1v) is 5.04. The van der Waals surface area contributed by atoms with Crippen LogP contribution >= 0.6 is 15.9 Å². The molecule has 0 saturated carbocycles. The number of benzene rings is 1. The summed E-state index contributed by atoms with van der Waals surface area (Å²) in [7, 11) is 1.59. The van der Waals surface area contributed by atoms with Crippen molar-refractivity contribution >= 4 is 15.9 Å². The molecule has 0 saturated heterocycles. The average Bonchev–Trinajstić information content (AvgIpc) is 2.21. The Morgan fingerprint density at radius 3 is 2.50 bits per heavy atom. The van der Waals surface area contributed by atoms with Crippen molar-refractivity contribution in [3.63, 3.8) is 0 Å². The number of halogens is 1. The normalized spacial score (nSPS) is 12.5. The van der Waals surface area contributed by atoms with Crippen LogP contribution < -0.4 is 4.74 Å². The van der Waals surface area contributed by atoms with Crippen LogP contribution in [0.5, 0.6) is 5.75 Å². The van der Waals surface area contributed by atoms with Crippen LogP contribution in [-0.4, -0.2) is 20.2 Å². The first-order valence-electron chi connectivity index (χ1n) is 4.25. The van der Waals surface area contributed by atoms with Gasteiger partial charge in [-0.05, 0) is 31.2 Å². The second-order valence-electron chi connectivity index (χ2n) is 2.69. The highest BCUT2D eigenvalue weighted by atomic mass is 79.9. The van der Waals surface area contributed by atoms with Gasteiger partial charge in [0, 0.05) is 11.6 Å². The summed E-state index contributed by atoms with van der Waals surface area (Å²) in [6, 6.07) is 7.56. The second kappa shape index (κ2) is 6.01. The summed E-state index contributed by atoms with van der Waals surface area (Å²) in [4.78, 5) is 0. The summed E-state index contributed by atoms with van der Waals surface area (Å²) in [5.41, 5.74) is 0. The topological polar surface area (TPSA) is 27.7 Å². The fourth-order valence-electron chi connectivity index (χ4n) is 0.797. The third kappa shape index (κ3) is 4.09. The zero-order chi connectivity index (χ0) is 10.4. The molecular formula is C10H13BrO3. The number of ether oxygens (including phenoxy) is 3. The lowest BCUT2D eigenvalue weighted by Gasteiger charge is -2.11. The molecule has 0 spiro atoms. The van der Waals surface area contributed by atoms with Crippen molar-refractivity contribution in [3.05, 3.63) is 28.7 Å². The molecule has 0 radical (unpaired) electrons. The summed E-state index contributed by atoms with van der Waals surface area (Å²) >= 11 is 3.34. The SMILES string of the molecule is COC(C)OCOc1ccc(Br)cc1. The quantitative estimate of drug-likeness (QED) is 0.763. The predicted octanol–water partition coefficient (Wildman–Crippen LogP) is 2.79. The molecule has 0 amide bonds. The Bertz CT molecular complexity index is 261. The molecule has 1 aromatic carbocycles. The van der Waals surface area contributed by atoms with Crippen molar-refractivity contribution in [2.24, 2.45) is 0 Å². The van der Waals surface area contributed by atoms with Gasteiger partial charge in [0.25, 0.3) is 0 Å². The molecule has 3 nitrogen and oxygen atoms in total. The van der Waals surface area contributed by atoms with Gasteiger partial charge < -0.3 is 14.2 Å². The Morgan fingerprint density at radius 2 is 1.93 bits per heavy atom. The van der Waals surface area contributed by atoms with E-state index in [1.807, 2.05) is 31.2 Å². The van der Waals surface area contributed by atoms with Crippen molar-refractivity contribution < 1.29 is 14.2 Å². The number of hydrogen-bond acceptors (Lipinski definition) is 3. The minimum Gasteiger partial charge on any atom is -0.467 e. The Balaban J connectivity index is 2.28. The third-order valence-corrected chi connectivity index (χ3v) is 2.20. The van der Waals surface area contributed by atoms with Crippen LogP contribution in [0.2, 0.25) is 0 Å².